The topological polar surface area (TPSA) is 50.7 Å². The Hall–Kier alpha value is -0.160. The summed E-state index contributed by atoms with van der Waals surface area (Å²) in [6.45, 7) is 2.72. The minimum Gasteiger partial charge on any atom is -0.389 e. The van der Waals surface area contributed by atoms with E-state index in [1.165, 1.54) is 12.8 Å². The van der Waals surface area contributed by atoms with Gasteiger partial charge in [0.2, 0.25) is 0 Å². The molecule has 1 saturated carbocycles. The van der Waals surface area contributed by atoms with Crippen LogP contribution in [0.3, 0.4) is 0 Å². The van der Waals surface area contributed by atoms with Gasteiger partial charge in [-0.15, -0.1) is 0 Å². The number of methoxy groups -OCH3 is 1. The third kappa shape index (κ3) is 6.43. The normalized spacial score (nSPS) is 19.1. The predicted octanol–water partition coefficient (Wildman–Crippen LogP) is 0.933. The molecule has 0 saturated heterocycles. The molecule has 0 amide bonds. The molecule has 2 N–H and O–H groups in total. The van der Waals surface area contributed by atoms with Gasteiger partial charge >= 0.3 is 0 Å². The van der Waals surface area contributed by atoms with Gasteiger partial charge in [-0.1, -0.05) is 12.8 Å². The van der Waals surface area contributed by atoms with Gasteiger partial charge in [-0.3, -0.25) is 0 Å². The molecule has 0 aromatic carbocycles. The summed E-state index contributed by atoms with van der Waals surface area (Å²) in [5.74, 6) is 0. The summed E-state index contributed by atoms with van der Waals surface area (Å²) >= 11 is 0. The van der Waals surface area contributed by atoms with Crippen molar-refractivity contribution in [2.24, 2.45) is 0 Å². The van der Waals surface area contributed by atoms with Gasteiger partial charge in [0.05, 0.1) is 18.8 Å². The molecule has 4 nitrogen and oxygen atoms in total. The van der Waals surface area contributed by atoms with Crippen LogP contribution in [0.2, 0.25) is 0 Å². The van der Waals surface area contributed by atoms with Crippen molar-refractivity contribution in [2.45, 2.75) is 44.3 Å². The molecule has 96 valence electrons. The number of hydrogen-bond donors (Lipinski definition) is 2. The van der Waals surface area contributed by atoms with E-state index in [-0.39, 0.29) is 6.10 Å². The van der Waals surface area contributed by atoms with Crippen LogP contribution in [0.15, 0.2) is 0 Å². The number of rotatable bonds is 9. The lowest BCUT2D eigenvalue weighted by Gasteiger charge is -2.15. The molecule has 4 heteroatoms. The van der Waals surface area contributed by atoms with Crippen molar-refractivity contribution >= 4 is 0 Å². The highest BCUT2D eigenvalue weighted by atomic mass is 16.5. The molecule has 1 fully saturated rings. The van der Waals surface area contributed by atoms with Crippen LogP contribution in [0, 0.1) is 0 Å². The Balaban J connectivity index is 1.87. The molecule has 1 aliphatic rings. The van der Waals surface area contributed by atoms with E-state index in [2.05, 4.69) is 5.32 Å². The first-order chi connectivity index (χ1) is 7.83. The molecule has 1 aliphatic carbocycles. The first-order valence-corrected chi connectivity index (χ1v) is 6.32. The summed E-state index contributed by atoms with van der Waals surface area (Å²) in [5.41, 5.74) is 0. The largest absolute Gasteiger partial charge is 0.389 e. The van der Waals surface area contributed by atoms with Gasteiger partial charge in [-0.05, 0) is 25.8 Å². The molecule has 0 aromatic heterocycles. The standard InChI is InChI=1S/C12H25NO3/c1-15-8-4-7-13-9-11(14)10-16-12-5-2-3-6-12/h11-14H,2-10H2,1H3. The van der Waals surface area contributed by atoms with Crippen LogP contribution in [0.5, 0.6) is 0 Å². The van der Waals surface area contributed by atoms with Crippen molar-refractivity contribution in [3.63, 3.8) is 0 Å². The number of nitrogens with one attached hydrogen (secondary N) is 1. The van der Waals surface area contributed by atoms with Crippen LogP contribution < -0.4 is 5.32 Å². The maximum Gasteiger partial charge on any atom is 0.0897 e. The Morgan fingerprint density at radius 2 is 2.12 bits per heavy atom. The van der Waals surface area contributed by atoms with E-state index in [1.54, 1.807) is 7.11 Å². The smallest absolute Gasteiger partial charge is 0.0897 e. The minimum absolute atomic E-state index is 0.386. The molecule has 0 spiro atoms. The van der Waals surface area contributed by atoms with E-state index in [4.69, 9.17) is 9.47 Å². The highest BCUT2D eigenvalue weighted by Gasteiger charge is 2.16. The molecule has 1 rings (SSSR count). The fourth-order valence-corrected chi connectivity index (χ4v) is 1.97. The van der Waals surface area contributed by atoms with Crippen molar-refractivity contribution in [3.05, 3.63) is 0 Å². The zero-order chi connectivity index (χ0) is 11.6. The molecular formula is C12H25NO3. The van der Waals surface area contributed by atoms with Crippen molar-refractivity contribution in [1.29, 1.82) is 0 Å². The average molecular weight is 231 g/mol. The first-order valence-electron chi connectivity index (χ1n) is 6.32. The average Bonchev–Trinajstić information content (AvgIpc) is 2.79. The Labute approximate surface area is 98.3 Å². The van der Waals surface area contributed by atoms with Gasteiger partial charge in [0, 0.05) is 20.3 Å². The summed E-state index contributed by atoms with van der Waals surface area (Å²) in [6.07, 6.45) is 5.85. The number of ether oxygens (including phenoxy) is 2. The van der Waals surface area contributed by atoms with Crippen LogP contribution in [-0.2, 0) is 9.47 Å². The van der Waals surface area contributed by atoms with E-state index in [9.17, 15) is 5.11 Å². The molecule has 0 bridgehead atoms. The van der Waals surface area contributed by atoms with E-state index < -0.39 is 0 Å². The van der Waals surface area contributed by atoms with Gasteiger partial charge in [0.1, 0.15) is 0 Å². The summed E-state index contributed by atoms with van der Waals surface area (Å²) in [6, 6.07) is 0. The van der Waals surface area contributed by atoms with Crippen LogP contribution in [-0.4, -0.2) is 50.7 Å². The van der Waals surface area contributed by atoms with E-state index in [1.807, 2.05) is 0 Å². The predicted molar refractivity (Wildman–Crippen MR) is 63.6 cm³/mol. The van der Waals surface area contributed by atoms with Crippen molar-refractivity contribution in [1.82, 2.24) is 5.32 Å². The molecule has 0 aliphatic heterocycles. The summed E-state index contributed by atoms with van der Waals surface area (Å²) in [7, 11) is 1.70. The zero-order valence-electron chi connectivity index (χ0n) is 10.3. The number of aliphatic hydroxyl groups excluding tert-OH is 1. The highest BCUT2D eigenvalue weighted by Crippen LogP contribution is 2.20. The van der Waals surface area contributed by atoms with E-state index in [0.29, 0.717) is 19.3 Å². The van der Waals surface area contributed by atoms with Gasteiger partial charge in [-0.2, -0.15) is 0 Å². The lowest BCUT2D eigenvalue weighted by atomic mass is 10.3. The first kappa shape index (κ1) is 13.9. The lowest BCUT2D eigenvalue weighted by molar-refractivity contribution is -0.00545. The van der Waals surface area contributed by atoms with Gasteiger partial charge in [0.25, 0.3) is 0 Å². The van der Waals surface area contributed by atoms with Gasteiger partial charge in [-0.25, -0.2) is 0 Å². The highest BCUT2D eigenvalue weighted by molar-refractivity contribution is 4.68. The summed E-state index contributed by atoms with van der Waals surface area (Å²) in [5, 5.41) is 12.8. The quantitative estimate of drug-likeness (QED) is 0.580. The van der Waals surface area contributed by atoms with Gasteiger partial charge in [0.15, 0.2) is 0 Å². The van der Waals surface area contributed by atoms with Crippen molar-refractivity contribution < 1.29 is 14.6 Å². The van der Waals surface area contributed by atoms with Crippen LogP contribution in [0.4, 0.5) is 0 Å². The van der Waals surface area contributed by atoms with Crippen LogP contribution in [0.25, 0.3) is 0 Å². The second-order valence-electron chi connectivity index (χ2n) is 4.44. The SMILES string of the molecule is COCCCNCC(O)COC1CCCC1. The minimum atomic E-state index is -0.386. The zero-order valence-corrected chi connectivity index (χ0v) is 10.3. The molecule has 1 atom stereocenters. The van der Waals surface area contributed by atoms with Crippen LogP contribution >= 0.6 is 0 Å². The van der Waals surface area contributed by atoms with E-state index >= 15 is 0 Å². The fourth-order valence-electron chi connectivity index (χ4n) is 1.97. The van der Waals surface area contributed by atoms with Crippen LogP contribution in [0.1, 0.15) is 32.1 Å². The molecule has 0 heterocycles. The Morgan fingerprint density at radius 1 is 1.38 bits per heavy atom. The molecule has 16 heavy (non-hydrogen) atoms. The fraction of sp³-hybridized carbons (Fsp3) is 1.00. The molecule has 1 unspecified atom stereocenters. The Bertz CT molecular complexity index is 160. The monoisotopic (exact) mass is 231 g/mol. The number of aliphatic hydroxyl groups is 1. The lowest BCUT2D eigenvalue weighted by Crippen LogP contribution is -2.32. The number of hydrogen-bond acceptors (Lipinski definition) is 4. The Morgan fingerprint density at radius 3 is 2.81 bits per heavy atom. The third-order valence-electron chi connectivity index (χ3n) is 2.91. The summed E-state index contributed by atoms with van der Waals surface area (Å²) in [4.78, 5) is 0. The van der Waals surface area contributed by atoms with Crippen molar-refractivity contribution in [3.8, 4) is 0 Å². The molecule has 0 aromatic rings. The van der Waals surface area contributed by atoms with Gasteiger partial charge < -0.3 is 19.9 Å². The Kier molecular flexibility index (Phi) is 7.76. The maximum absolute atomic E-state index is 9.65. The second kappa shape index (κ2) is 8.93. The second-order valence-corrected chi connectivity index (χ2v) is 4.44. The maximum atomic E-state index is 9.65. The molecular weight excluding hydrogens is 206 g/mol. The summed E-state index contributed by atoms with van der Waals surface area (Å²) < 4.78 is 10.6. The van der Waals surface area contributed by atoms with Crippen molar-refractivity contribution in [2.75, 3.05) is 33.4 Å². The third-order valence-corrected chi connectivity index (χ3v) is 2.91. The van der Waals surface area contributed by atoms with E-state index in [0.717, 1.165) is 32.4 Å². The molecule has 0 radical (unpaired) electrons.